The molecule has 0 saturated carbocycles. The van der Waals surface area contributed by atoms with Crippen LogP contribution >= 0.6 is 39.1 Å². The average molecular weight is 383 g/mol. The lowest BCUT2D eigenvalue weighted by molar-refractivity contribution is 0.303. The van der Waals surface area contributed by atoms with Crippen LogP contribution in [-0.4, -0.2) is 21.6 Å². The Morgan fingerprint density at radius 2 is 1.90 bits per heavy atom. The molecule has 0 fully saturated rings. The maximum absolute atomic E-state index is 13.4. The topological polar surface area (TPSA) is 57.1 Å². The van der Waals surface area contributed by atoms with Crippen molar-refractivity contribution < 1.29 is 13.9 Å². The van der Waals surface area contributed by atoms with E-state index in [1.807, 2.05) is 0 Å². The van der Waals surface area contributed by atoms with Crippen LogP contribution in [0, 0.1) is 5.82 Å². The number of aromatic nitrogens is 3. The van der Waals surface area contributed by atoms with Crippen LogP contribution in [0.5, 0.6) is 17.8 Å². The summed E-state index contributed by atoms with van der Waals surface area (Å²) < 4.78 is 24.3. The van der Waals surface area contributed by atoms with Gasteiger partial charge in [-0.1, -0.05) is 11.6 Å². The fourth-order valence-corrected chi connectivity index (χ4v) is 2.10. The minimum Gasteiger partial charge on any atom is -0.464 e. The Bertz CT molecular complexity index is 645. The van der Waals surface area contributed by atoms with Crippen molar-refractivity contribution in [3.8, 4) is 17.8 Å². The molecule has 0 radical (unpaired) electrons. The zero-order chi connectivity index (χ0) is 14.7. The molecular formula is C11H7BrCl2FN3O2. The van der Waals surface area contributed by atoms with Crippen LogP contribution in [-0.2, 0) is 0 Å². The second-order valence-corrected chi connectivity index (χ2v) is 5.00. The molecule has 0 spiro atoms. The molecule has 20 heavy (non-hydrogen) atoms. The van der Waals surface area contributed by atoms with E-state index in [-0.39, 0.29) is 28.1 Å². The molecule has 106 valence electrons. The Kier molecular flexibility index (Phi) is 4.95. The number of hydrogen-bond acceptors (Lipinski definition) is 5. The number of benzene rings is 1. The standard InChI is InChI=1S/C11H7BrCl2FN3O2/c1-2-19-10-16-9(14)17-11(18-10)20-8-4-7(15)6(13)3-5(8)12/h3-4H,2H2,1H3. The van der Waals surface area contributed by atoms with Crippen molar-refractivity contribution in [3.63, 3.8) is 0 Å². The number of nitrogens with zero attached hydrogens (tertiary/aromatic N) is 3. The maximum atomic E-state index is 13.4. The molecule has 0 aliphatic carbocycles. The molecule has 2 aromatic rings. The van der Waals surface area contributed by atoms with Gasteiger partial charge >= 0.3 is 12.0 Å². The molecule has 0 atom stereocenters. The summed E-state index contributed by atoms with van der Waals surface area (Å²) in [6.45, 7) is 2.13. The molecular weight excluding hydrogens is 376 g/mol. The summed E-state index contributed by atoms with van der Waals surface area (Å²) in [5.41, 5.74) is 0. The van der Waals surface area contributed by atoms with Crippen molar-refractivity contribution in [1.82, 2.24) is 15.0 Å². The molecule has 2 rings (SSSR count). The number of rotatable bonds is 4. The van der Waals surface area contributed by atoms with Gasteiger partial charge in [0.1, 0.15) is 11.6 Å². The first kappa shape index (κ1) is 15.2. The van der Waals surface area contributed by atoms with Crippen LogP contribution in [0.15, 0.2) is 16.6 Å². The first-order chi connectivity index (χ1) is 9.49. The van der Waals surface area contributed by atoms with Crippen molar-refractivity contribution in [1.29, 1.82) is 0 Å². The Morgan fingerprint density at radius 3 is 2.60 bits per heavy atom. The van der Waals surface area contributed by atoms with Crippen LogP contribution in [0.2, 0.25) is 10.3 Å². The molecule has 1 heterocycles. The first-order valence-corrected chi connectivity index (χ1v) is 6.91. The second-order valence-electron chi connectivity index (χ2n) is 3.40. The van der Waals surface area contributed by atoms with E-state index < -0.39 is 5.82 Å². The Hall–Kier alpha value is -1.18. The van der Waals surface area contributed by atoms with E-state index in [2.05, 4.69) is 30.9 Å². The zero-order valence-corrected chi connectivity index (χ0v) is 13.1. The highest BCUT2D eigenvalue weighted by Crippen LogP contribution is 2.33. The third-order valence-electron chi connectivity index (χ3n) is 2.02. The van der Waals surface area contributed by atoms with Gasteiger partial charge in [0.25, 0.3) is 0 Å². The third-order valence-corrected chi connectivity index (χ3v) is 3.09. The van der Waals surface area contributed by atoms with Gasteiger partial charge < -0.3 is 9.47 Å². The molecule has 0 amide bonds. The number of ether oxygens (including phenoxy) is 2. The normalized spacial score (nSPS) is 10.4. The van der Waals surface area contributed by atoms with Crippen LogP contribution in [0.3, 0.4) is 0 Å². The number of hydrogen-bond donors (Lipinski definition) is 0. The molecule has 9 heteroatoms. The summed E-state index contributed by atoms with van der Waals surface area (Å²) in [5.74, 6) is -0.480. The summed E-state index contributed by atoms with van der Waals surface area (Å²) in [5, 5.41) is -0.128. The van der Waals surface area contributed by atoms with Gasteiger partial charge in [0.05, 0.1) is 16.1 Å². The highest BCUT2D eigenvalue weighted by molar-refractivity contribution is 9.10. The summed E-state index contributed by atoms with van der Waals surface area (Å²) >= 11 is 14.6. The van der Waals surface area contributed by atoms with Crippen molar-refractivity contribution >= 4 is 39.1 Å². The molecule has 5 nitrogen and oxygen atoms in total. The summed E-state index contributed by atoms with van der Waals surface area (Å²) in [4.78, 5) is 11.4. The summed E-state index contributed by atoms with van der Waals surface area (Å²) in [6, 6.07) is 2.37. The highest BCUT2D eigenvalue weighted by Gasteiger charge is 2.12. The number of halogens is 4. The monoisotopic (exact) mass is 381 g/mol. The van der Waals surface area contributed by atoms with Gasteiger partial charge in [-0.25, -0.2) is 4.39 Å². The summed E-state index contributed by atoms with van der Waals surface area (Å²) in [6.07, 6.45) is 0. The SMILES string of the molecule is CCOc1nc(Cl)nc(Oc2cc(F)c(Cl)cc2Br)n1. The van der Waals surface area contributed by atoms with E-state index >= 15 is 0 Å². The van der Waals surface area contributed by atoms with Crippen LogP contribution in [0.4, 0.5) is 4.39 Å². The van der Waals surface area contributed by atoms with Crippen molar-refractivity contribution in [2.75, 3.05) is 6.61 Å². The third kappa shape index (κ3) is 3.68. The predicted octanol–water partition coefficient (Wildman–Crippen LogP) is 4.27. The van der Waals surface area contributed by atoms with E-state index in [0.29, 0.717) is 11.1 Å². The largest absolute Gasteiger partial charge is 0.464 e. The Balaban J connectivity index is 2.32. The molecule has 0 aliphatic heterocycles. The van der Waals surface area contributed by atoms with Gasteiger partial charge in [-0.3, -0.25) is 0 Å². The van der Waals surface area contributed by atoms with Gasteiger partial charge in [-0.15, -0.1) is 4.98 Å². The predicted molar refractivity (Wildman–Crippen MR) is 75.2 cm³/mol. The van der Waals surface area contributed by atoms with Crippen molar-refractivity contribution in [3.05, 3.63) is 32.7 Å². The van der Waals surface area contributed by atoms with Gasteiger partial charge in [0, 0.05) is 6.07 Å². The van der Waals surface area contributed by atoms with Gasteiger partial charge in [0.2, 0.25) is 5.28 Å². The molecule has 0 N–H and O–H groups in total. The molecule has 0 unspecified atom stereocenters. The Labute approximate surface area is 132 Å². The molecule has 1 aromatic heterocycles. The smallest absolute Gasteiger partial charge is 0.329 e. The zero-order valence-electron chi connectivity index (χ0n) is 10.0. The van der Waals surface area contributed by atoms with E-state index in [9.17, 15) is 4.39 Å². The lowest BCUT2D eigenvalue weighted by Crippen LogP contribution is -2.02. The molecule has 0 bridgehead atoms. The van der Waals surface area contributed by atoms with E-state index in [4.69, 9.17) is 32.7 Å². The lowest BCUT2D eigenvalue weighted by Gasteiger charge is -2.08. The highest BCUT2D eigenvalue weighted by atomic mass is 79.9. The fourth-order valence-electron chi connectivity index (χ4n) is 1.23. The lowest BCUT2D eigenvalue weighted by atomic mass is 10.3. The van der Waals surface area contributed by atoms with Gasteiger partial charge in [-0.05, 0) is 40.5 Å². The van der Waals surface area contributed by atoms with Crippen molar-refractivity contribution in [2.45, 2.75) is 6.92 Å². The van der Waals surface area contributed by atoms with E-state index in [1.54, 1.807) is 6.92 Å². The quantitative estimate of drug-likeness (QED) is 0.739. The van der Waals surface area contributed by atoms with Gasteiger partial charge in [0.15, 0.2) is 0 Å². The average Bonchev–Trinajstić information content (AvgIpc) is 2.35. The maximum Gasteiger partial charge on any atom is 0.329 e. The van der Waals surface area contributed by atoms with E-state index in [1.165, 1.54) is 6.07 Å². The van der Waals surface area contributed by atoms with Crippen molar-refractivity contribution in [2.24, 2.45) is 0 Å². The first-order valence-electron chi connectivity index (χ1n) is 5.36. The summed E-state index contributed by atoms with van der Waals surface area (Å²) in [7, 11) is 0. The van der Waals surface area contributed by atoms with Crippen LogP contribution in [0.1, 0.15) is 6.92 Å². The van der Waals surface area contributed by atoms with Crippen LogP contribution in [0.25, 0.3) is 0 Å². The Morgan fingerprint density at radius 1 is 1.20 bits per heavy atom. The van der Waals surface area contributed by atoms with Crippen LogP contribution < -0.4 is 9.47 Å². The fraction of sp³-hybridized carbons (Fsp3) is 0.182. The molecule has 1 aromatic carbocycles. The van der Waals surface area contributed by atoms with Gasteiger partial charge in [-0.2, -0.15) is 9.97 Å². The molecule has 0 aliphatic rings. The van der Waals surface area contributed by atoms with E-state index in [0.717, 1.165) is 6.07 Å². The minimum atomic E-state index is -0.630. The molecule has 0 saturated heterocycles. The minimum absolute atomic E-state index is 0.0213. The second kappa shape index (κ2) is 6.51.